The first-order valence-electron chi connectivity index (χ1n) is 4.06. The van der Waals surface area contributed by atoms with Crippen molar-refractivity contribution in [2.75, 3.05) is 7.05 Å². The minimum absolute atomic E-state index is 0.268. The summed E-state index contributed by atoms with van der Waals surface area (Å²) in [4.78, 5) is 6.64. The second kappa shape index (κ2) is 3.40. The number of hydrogen-bond acceptors (Lipinski definition) is 2. The van der Waals surface area contributed by atoms with Gasteiger partial charge in [-0.1, -0.05) is 20.8 Å². The van der Waals surface area contributed by atoms with E-state index in [9.17, 15) is 0 Å². The van der Waals surface area contributed by atoms with Crippen molar-refractivity contribution in [1.29, 1.82) is 0 Å². The van der Waals surface area contributed by atoms with Crippen molar-refractivity contribution in [1.82, 2.24) is 0 Å². The highest BCUT2D eigenvalue weighted by atomic mass is 32.1. The monoisotopic (exact) mass is 181 g/mol. The van der Waals surface area contributed by atoms with E-state index in [-0.39, 0.29) is 5.41 Å². The second-order valence-electron chi connectivity index (χ2n) is 3.84. The molecule has 66 valence electrons. The Morgan fingerprint density at radius 3 is 2.42 bits per heavy atom. The Kier molecular flexibility index (Phi) is 2.68. The molecule has 12 heavy (non-hydrogen) atoms. The van der Waals surface area contributed by atoms with Crippen molar-refractivity contribution in [2.24, 2.45) is 4.99 Å². The average Bonchev–Trinajstić information content (AvgIpc) is 2.35. The molecule has 1 aromatic rings. The number of thiophene rings is 1. The van der Waals surface area contributed by atoms with E-state index in [4.69, 9.17) is 0 Å². The Labute approximate surface area is 78.2 Å². The lowest BCUT2D eigenvalue weighted by Gasteiger charge is -2.14. The van der Waals surface area contributed by atoms with Crippen molar-refractivity contribution < 1.29 is 0 Å². The molecule has 1 rings (SSSR count). The smallest absolute Gasteiger partial charge is 0.0451 e. The predicted octanol–water partition coefficient (Wildman–Crippen LogP) is 3.09. The summed E-state index contributed by atoms with van der Waals surface area (Å²) in [5.74, 6) is 0. The topological polar surface area (TPSA) is 12.4 Å². The van der Waals surface area contributed by atoms with Crippen LogP contribution < -0.4 is 0 Å². The van der Waals surface area contributed by atoms with Gasteiger partial charge in [-0.15, -0.1) is 11.3 Å². The molecule has 0 N–H and O–H groups in total. The van der Waals surface area contributed by atoms with E-state index in [1.165, 1.54) is 9.75 Å². The molecular formula is C10H15NS. The van der Waals surface area contributed by atoms with Crippen LogP contribution in [0.5, 0.6) is 0 Å². The molecule has 0 bridgehead atoms. The lowest BCUT2D eigenvalue weighted by molar-refractivity contribution is 0.604. The maximum Gasteiger partial charge on any atom is 0.0451 e. The van der Waals surface area contributed by atoms with Crippen LogP contribution in [0.25, 0.3) is 0 Å². The van der Waals surface area contributed by atoms with Crippen molar-refractivity contribution in [3.8, 4) is 0 Å². The third-order valence-corrected chi connectivity index (χ3v) is 3.07. The lowest BCUT2D eigenvalue weighted by Crippen LogP contribution is -2.07. The van der Waals surface area contributed by atoms with Gasteiger partial charge in [0.2, 0.25) is 0 Å². The first-order valence-corrected chi connectivity index (χ1v) is 4.88. The fraction of sp³-hybridized carbons (Fsp3) is 0.500. The summed E-state index contributed by atoms with van der Waals surface area (Å²) in [5.41, 5.74) is 0.268. The van der Waals surface area contributed by atoms with Crippen LogP contribution >= 0.6 is 11.3 Å². The van der Waals surface area contributed by atoms with Crippen molar-refractivity contribution in [3.63, 3.8) is 0 Å². The molecule has 0 saturated heterocycles. The Morgan fingerprint density at radius 1 is 1.33 bits per heavy atom. The van der Waals surface area contributed by atoms with Crippen LogP contribution in [0.4, 0.5) is 0 Å². The molecule has 0 unspecified atom stereocenters. The zero-order valence-corrected chi connectivity index (χ0v) is 8.90. The fourth-order valence-electron chi connectivity index (χ4n) is 0.953. The molecule has 1 heterocycles. The Bertz CT molecular complexity index is 278. The molecule has 0 saturated carbocycles. The fourth-order valence-corrected chi connectivity index (χ4v) is 1.94. The molecular weight excluding hydrogens is 166 g/mol. The van der Waals surface area contributed by atoms with E-state index in [2.05, 4.69) is 37.9 Å². The molecule has 0 aromatic carbocycles. The van der Waals surface area contributed by atoms with Gasteiger partial charge in [-0.3, -0.25) is 4.99 Å². The normalized spacial score (nSPS) is 12.7. The van der Waals surface area contributed by atoms with Gasteiger partial charge >= 0.3 is 0 Å². The molecule has 0 aliphatic rings. The Balaban J connectivity index is 2.92. The molecule has 0 amide bonds. The number of hydrogen-bond donors (Lipinski definition) is 0. The number of rotatable bonds is 1. The van der Waals surface area contributed by atoms with Crippen molar-refractivity contribution in [3.05, 3.63) is 21.9 Å². The summed E-state index contributed by atoms with van der Waals surface area (Å²) in [5, 5.41) is 0. The summed E-state index contributed by atoms with van der Waals surface area (Å²) in [7, 11) is 1.80. The Hall–Kier alpha value is -0.630. The predicted molar refractivity (Wildman–Crippen MR) is 56.5 cm³/mol. The first kappa shape index (κ1) is 9.46. The van der Waals surface area contributed by atoms with E-state index in [1.54, 1.807) is 7.05 Å². The zero-order chi connectivity index (χ0) is 9.19. The van der Waals surface area contributed by atoms with Gasteiger partial charge in [0.15, 0.2) is 0 Å². The number of aliphatic imine (C=N–C) groups is 1. The molecule has 1 nitrogen and oxygen atoms in total. The van der Waals surface area contributed by atoms with Crippen LogP contribution in [0, 0.1) is 0 Å². The van der Waals surface area contributed by atoms with Gasteiger partial charge in [-0.25, -0.2) is 0 Å². The van der Waals surface area contributed by atoms with Gasteiger partial charge in [0, 0.05) is 23.0 Å². The van der Waals surface area contributed by atoms with Crippen LogP contribution in [0.1, 0.15) is 30.5 Å². The van der Waals surface area contributed by atoms with Crippen LogP contribution in [0.3, 0.4) is 0 Å². The van der Waals surface area contributed by atoms with Crippen molar-refractivity contribution in [2.45, 2.75) is 26.2 Å². The highest BCUT2D eigenvalue weighted by Crippen LogP contribution is 2.28. The number of nitrogens with zero attached hydrogens (tertiary/aromatic N) is 1. The highest BCUT2D eigenvalue weighted by Gasteiger charge is 2.15. The Morgan fingerprint density at radius 2 is 2.00 bits per heavy atom. The summed E-state index contributed by atoms with van der Waals surface area (Å²) in [6.07, 6.45) is 1.90. The molecule has 0 spiro atoms. The SMILES string of the molecule is C/N=C\c1ccc(C(C)(C)C)s1. The van der Waals surface area contributed by atoms with Gasteiger partial charge in [0.1, 0.15) is 0 Å². The average molecular weight is 181 g/mol. The van der Waals surface area contributed by atoms with Crippen molar-refractivity contribution >= 4 is 17.6 Å². The molecule has 0 fully saturated rings. The van der Waals surface area contributed by atoms with Gasteiger partial charge in [0.25, 0.3) is 0 Å². The van der Waals surface area contributed by atoms with Crippen LogP contribution in [-0.4, -0.2) is 13.3 Å². The minimum atomic E-state index is 0.268. The summed E-state index contributed by atoms with van der Waals surface area (Å²) in [6, 6.07) is 4.31. The molecule has 0 aliphatic heterocycles. The van der Waals surface area contributed by atoms with Crippen LogP contribution in [0.2, 0.25) is 0 Å². The summed E-state index contributed by atoms with van der Waals surface area (Å²) >= 11 is 1.82. The summed E-state index contributed by atoms with van der Waals surface area (Å²) < 4.78 is 0. The van der Waals surface area contributed by atoms with E-state index >= 15 is 0 Å². The summed E-state index contributed by atoms with van der Waals surface area (Å²) in [6.45, 7) is 6.68. The van der Waals surface area contributed by atoms with Gasteiger partial charge < -0.3 is 0 Å². The van der Waals surface area contributed by atoms with Crippen LogP contribution in [-0.2, 0) is 5.41 Å². The highest BCUT2D eigenvalue weighted by molar-refractivity contribution is 7.13. The maximum atomic E-state index is 3.99. The van der Waals surface area contributed by atoms with E-state index < -0.39 is 0 Å². The molecule has 2 heteroatoms. The molecule has 0 atom stereocenters. The second-order valence-corrected chi connectivity index (χ2v) is 4.95. The van der Waals surface area contributed by atoms with Gasteiger partial charge in [-0.05, 0) is 17.5 Å². The molecule has 0 radical (unpaired) electrons. The quantitative estimate of drug-likeness (QED) is 0.590. The lowest BCUT2D eigenvalue weighted by atomic mass is 9.95. The maximum absolute atomic E-state index is 3.99. The standard InChI is InChI=1S/C10H15NS/c1-10(2,3)9-6-5-8(12-9)7-11-4/h5-7H,1-4H3/b11-7-. The molecule has 1 aromatic heterocycles. The van der Waals surface area contributed by atoms with Crippen LogP contribution in [0.15, 0.2) is 17.1 Å². The van der Waals surface area contributed by atoms with Gasteiger partial charge in [-0.2, -0.15) is 0 Å². The third-order valence-electron chi connectivity index (χ3n) is 1.62. The van der Waals surface area contributed by atoms with Gasteiger partial charge in [0.05, 0.1) is 0 Å². The minimum Gasteiger partial charge on any atom is -0.295 e. The zero-order valence-electron chi connectivity index (χ0n) is 8.09. The van der Waals surface area contributed by atoms with E-state index in [1.807, 2.05) is 17.6 Å². The largest absolute Gasteiger partial charge is 0.295 e. The van der Waals surface area contributed by atoms with E-state index in [0.717, 1.165) is 0 Å². The molecule has 0 aliphatic carbocycles. The third kappa shape index (κ3) is 2.18. The first-order chi connectivity index (χ1) is 5.54. The van der Waals surface area contributed by atoms with E-state index in [0.29, 0.717) is 0 Å².